The van der Waals surface area contributed by atoms with Gasteiger partial charge in [0.05, 0.1) is 26.1 Å². The molecule has 2 aliphatic heterocycles. The van der Waals surface area contributed by atoms with Crippen molar-refractivity contribution in [3.8, 4) is 11.6 Å². The molecule has 0 unspecified atom stereocenters. The molecular formula is C25H40N6O3. The molecule has 34 heavy (non-hydrogen) atoms. The van der Waals surface area contributed by atoms with Crippen LogP contribution >= 0.6 is 0 Å². The molecule has 0 aromatic carbocycles. The molecule has 0 atom stereocenters. The number of aryl methyl sites for hydroxylation is 1. The molecule has 4 rings (SSSR count). The predicted molar refractivity (Wildman–Crippen MR) is 135 cm³/mol. The highest BCUT2D eigenvalue weighted by molar-refractivity contribution is 5.58. The number of ether oxygens (including phenoxy) is 3. The first kappa shape index (κ1) is 26.0. The minimum Gasteiger partial charge on any atom is -0.491 e. The minimum atomic E-state index is 0.432. The molecule has 0 spiro atoms. The van der Waals surface area contributed by atoms with E-state index in [1.54, 1.807) is 26.5 Å². The number of nitrogens with one attached hydrogen (secondary N) is 2. The molecular weight excluding hydrogens is 432 g/mol. The Labute approximate surface area is 203 Å². The van der Waals surface area contributed by atoms with E-state index in [1.807, 2.05) is 13.0 Å². The van der Waals surface area contributed by atoms with Gasteiger partial charge in [0.25, 0.3) is 5.88 Å². The summed E-state index contributed by atoms with van der Waals surface area (Å²) in [4.78, 5) is 15.7. The van der Waals surface area contributed by atoms with E-state index in [2.05, 4.69) is 44.3 Å². The van der Waals surface area contributed by atoms with Crippen molar-refractivity contribution in [1.29, 1.82) is 0 Å². The zero-order chi connectivity index (χ0) is 24.3. The van der Waals surface area contributed by atoms with E-state index < -0.39 is 0 Å². The lowest BCUT2D eigenvalue weighted by Gasteiger charge is -2.22. The monoisotopic (exact) mass is 472 g/mol. The fraction of sp³-hybridized carbons (Fsp3) is 0.640. The summed E-state index contributed by atoms with van der Waals surface area (Å²) < 4.78 is 15.8. The van der Waals surface area contributed by atoms with E-state index in [-0.39, 0.29) is 0 Å². The molecule has 4 heterocycles. The molecule has 2 aliphatic rings. The van der Waals surface area contributed by atoms with Crippen LogP contribution in [0.3, 0.4) is 0 Å². The third-order valence-electron chi connectivity index (χ3n) is 6.13. The second kappa shape index (κ2) is 13.3. The van der Waals surface area contributed by atoms with Gasteiger partial charge in [0.15, 0.2) is 5.75 Å². The normalized spacial score (nSPS) is 16.6. The highest BCUT2D eigenvalue weighted by atomic mass is 16.5. The maximum absolute atomic E-state index is 5.40. The summed E-state index contributed by atoms with van der Waals surface area (Å²) in [6.07, 6.45) is 6.65. The van der Waals surface area contributed by atoms with Crippen molar-refractivity contribution in [2.45, 2.75) is 52.5 Å². The lowest BCUT2D eigenvalue weighted by molar-refractivity contribution is 0.0699. The van der Waals surface area contributed by atoms with Crippen molar-refractivity contribution < 1.29 is 14.2 Å². The fourth-order valence-electron chi connectivity index (χ4n) is 4.10. The van der Waals surface area contributed by atoms with Gasteiger partial charge < -0.3 is 29.7 Å². The van der Waals surface area contributed by atoms with Gasteiger partial charge in [-0.3, -0.25) is 0 Å². The Hall–Kier alpha value is -2.65. The van der Waals surface area contributed by atoms with Crippen LogP contribution < -0.4 is 20.1 Å². The minimum absolute atomic E-state index is 0.432. The summed E-state index contributed by atoms with van der Waals surface area (Å²) in [6.45, 7) is 11.7. The average Bonchev–Trinajstić information content (AvgIpc) is 3.39. The number of likely N-dealkylation sites (tertiary alicyclic amines) is 1. The molecule has 9 heteroatoms. The second-order valence-corrected chi connectivity index (χ2v) is 9.05. The number of rotatable bonds is 8. The van der Waals surface area contributed by atoms with Gasteiger partial charge in [0.1, 0.15) is 5.82 Å². The molecule has 2 saturated heterocycles. The van der Waals surface area contributed by atoms with Crippen molar-refractivity contribution in [3.63, 3.8) is 0 Å². The summed E-state index contributed by atoms with van der Waals surface area (Å²) in [5.41, 5.74) is 1.61. The molecule has 2 N–H and O–H groups in total. The van der Waals surface area contributed by atoms with Crippen LogP contribution in [-0.2, 0) is 4.74 Å². The van der Waals surface area contributed by atoms with Gasteiger partial charge in [0.2, 0.25) is 5.95 Å². The summed E-state index contributed by atoms with van der Waals surface area (Å²) in [7, 11) is 3.13. The molecule has 2 fully saturated rings. The van der Waals surface area contributed by atoms with Crippen molar-refractivity contribution in [2.75, 3.05) is 57.7 Å². The summed E-state index contributed by atoms with van der Waals surface area (Å²) in [6, 6.07) is 4.52. The Kier molecular flexibility index (Phi) is 10.2. The lowest BCUT2D eigenvalue weighted by Crippen LogP contribution is -2.26. The third-order valence-corrected chi connectivity index (χ3v) is 6.13. The van der Waals surface area contributed by atoms with Crippen molar-refractivity contribution in [2.24, 2.45) is 5.92 Å². The van der Waals surface area contributed by atoms with E-state index >= 15 is 0 Å². The first-order chi connectivity index (χ1) is 16.5. The number of aromatic nitrogens is 3. The Morgan fingerprint density at radius 3 is 2.44 bits per heavy atom. The van der Waals surface area contributed by atoms with E-state index in [9.17, 15) is 0 Å². The topological polar surface area (TPSA) is 93.7 Å². The van der Waals surface area contributed by atoms with Crippen LogP contribution in [0, 0.1) is 12.8 Å². The van der Waals surface area contributed by atoms with Gasteiger partial charge in [-0.1, -0.05) is 0 Å². The SMILES string of the molecule is CC(C)N1CCCC1.COc1cc(Nc2nc(C)cc(NCC3CCOCC3)n2)cnc1OC. The van der Waals surface area contributed by atoms with Crippen LogP contribution in [0.1, 0.15) is 45.2 Å². The van der Waals surface area contributed by atoms with Crippen LogP contribution in [0.15, 0.2) is 18.3 Å². The third kappa shape index (κ3) is 7.99. The number of hydrogen-bond acceptors (Lipinski definition) is 9. The Bertz CT molecular complexity index is 883. The highest BCUT2D eigenvalue weighted by Gasteiger charge is 2.15. The molecule has 0 bridgehead atoms. The Morgan fingerprint density at radius 1 is 1.09 bits per heavy atom. The van der Waals surface area contributed by atoms with Gasteiger partial charge in [-0.25, -0.2) is 9.97 Å². The van der Waals surface area contributed by atoms with Crippen LogP contribution in [0.4, 0.5) is 17.5 Å². The predicted octanol–water partition coefficient (Wildman–Crippen LogP) is 4.27. The molecule has 0 aliphatic carbocycles. The second-order valence-electron chi connectivity index (χ2n) is 9.05. The van der Waals surface area contributed by atoms with Gasteiger partial charge in [-0.15, -0.1) is 0 Å². The Balaban J connectivity index is 0.000000343. The molecule has 0 amide bonds. The molecule has 188 valence electrons. The highest BCUT2D eigenvalue weighted by Crippen LogP contribution is 2.28. The van der Waals surface area contributed by atoms with Gasteiger partial charge in [0, 0.05) is 43.6 Å². The summed E-state index contributed by atoms with van der Waals surface area (Å²) >= 11 is 0. The van der Waals surface area contributed by atoms with Crippen LogP contribution in [0.25, 0.3) is 0 Å². The average molecular weight is 473 g/mol. The smallest absolute Gasteiger partial charge is 0.256 e. The van der Waals surface area contributed by atoms with E-state index in [0.717, 1.165) is 55.8 Å². The summed E-state index contributed by atoms with van der Waals surface area (Å²) in [5, 5.41) is 6.58. The largest absolute Gasteiger partial charge is 0.491 e. The quantitative estimate of drug-likeness (QED) is 0.584. The van der Waals surface area contributed by atoms with E-state index in [1.165, 1.54) is 25.9 Å². The maximum atomic E-state index is 5.40. The zero-order valence-electron chi connectivity index (χ0n) is 21.3. The van der Waals surface area contributed by atoms with Crippen molar-refractivity contribution >= 4 is 17.5 Å². The van der Waals surface area contributed by atoms with Gasteiger partial charge in [-0.2, -0.15) is 4.98 Å². The molecule has 0 radical (unpaired) electrons. The molecule has 9 nitrogen and oxygen atoms in total. The first-order valence-electron chi connectivity index (χ1n) is 12.2. The summed E-state index contributed by atoms with van der Waals surface area (Å²) in [5.74, 6) is 2.91. The number of anilines is 3. The van der Waals surface area contributed by atoms with Crippen molar-refractivity contribution in [1.82, 2.24) is 19.9 Å². The van der Waals surface area contributed by atoms with Gasteiger partial charge in [-0.05, 0) is 65.5 Å². The molecule has 2 aromatic heterocycles. The van der Waals surface area contributed by atoms with Crippen LogP contribution in [-0.4, -0.2) is 73.0 Å². The van der Waals surface area contributed by atoms with Crippen molar-refractivity contribution in [3.05, 3.63) is 24.0 Å². The standard InChI is InChI=1S/C18H25N5O3.C7H15N/c1-12-8-16(19-10-13-4-6-26-7-5-13)23-18(21-12)22-14-9-15(24-2)17(25-3)20-11-14;1-7(2)8-5-3-4-6-8/h8-9,11,13H,4-7,10H2,1-3H3,(H2,19,21,22,23);7H,3-6H2,1-2H3. The fourth-order valence-corrected chi connectivity index (χ4v) is 4.10. The molecule has 0 saturated carbocycles. The Morgan fingerprint density at radius 2 is 1.82 bits per heavy atom. The maximum Gasteiger partial charge on any atom is 0.256 e. The first-order valence-corrected chi connectivity index (χ1v) is 12.2. The number of methoxy groups -OCH3 is 2. The van der Waals surface area contributed by atoms with Gasteiger partial charge >= 0.3 is 0 Å². The lowest BCUT2D eigenvalue weighted by atomic mass is 10.0. The van der Waals surface area contributed by atoms with Crippen LogP contribution in [0.5, 0.6) is 11.6 Å². The molecule has 2 aromatic rings. The van der Waals surface area contributed by atoms with Crippen LogP contribution in [0.2, 0.25) is 0 Å². The van der Waals surface area contributed by atoms with E-state index in [0.29, 0.717) is 23.5 Å². The zero-order valence-corrected chi connectivity index (χ0v) is 21.3. The van der Waals surface area contributed by atoms with E-state index in [4.69, 9.17) is 14.2 Å². The number of nitrogens with zero attached hydrogens (tertiary/aromatic N) is 4. The number of hydrogen-bond donors (Lipinski definition) is 2. The number of pyridine rings is 1.